The normalized spacial score (nSPS) is 25.8. The molecule has 3 nitrogen and oxygen atoms in total. The van der Waals surface area contributed by atoms with Gasteiger partial charge in [-0.3, -0.25) is 14.6 Å². The number of hydrogen-bond acceptors (Lipinski definition) is 3. The predicted octanol–water partition coefficient (Wildman–Crippen LogP) is 2.56. The van der Waals surface area contributed by atoms with E-state index in [0.717, 1.165) is 25.2 Å². The molecule has 5 heteroatoms. The maximum absolute atomic E-state index is 13.8. The first kappa shape index (κ1) is 16.0. The summed E-state index contributed by atoms with van der Waals surface area (Å²) in [4.78, 5) is 16.8. The highest BCUT2D eigenvalue weighted by Gasteiger charge is 2.32. The van der Waals surface area contributed by atoms with E-state index in [2.05, 4.69) is 30.7 Å². The molecule has 3 atom stereocenters. The van der Waals surface area contributed by atoms with Crippen LogP contribution in [-0.4, -0.2) is 53.8 Å². The zero-order valence-electron chi connectivity index (χ0n) is 12.9. The highest BCUT2D eigenvalue weighted by atomic mass is 19.1. The highest BCUT2D eigenvalue weighted by molar-refractivity contribution is 6.00. The molecular formula is C16H22F2N2O. The number of nitrogens with zero attached hydrogens (tertiary/aromatic N) is 2. The fourth-order valence-corrected chi connectivity index (χ4v) is 2.84. The molecule has 1 saturated heterocycles. The van der Waals surface area contributed by atoms with Gasteiger partial charge in [0.1, 0.15) is 11.6 Å². The largest absolute Gasteiger partial charge is 0.298 e. The van der Waals surface area contributed by atoms with Crippen molar-refractivity contribution in [2.75, 3.05) is 20.1 Å². The van der Waals surface area contributed by atoms with Crippen molar-refractivity contribution in [3.8, 4) is 0 Å². The number of halogens is 2. The van der Waals surface area contributed by atoms with Gasteiger partial charge in [0.15, 0.2) is 5.78 Å². The number of likely N-dealkylation sites (N-methyl/N-ethyl adjacent to an activating group) is 1. The minimum Gasteiger partial charge on any atom is -0.298 e. The number of carbonyl (C=O) groups is 1. The summed E-state index contributed by atoms with van der Waals surface area (Å²) in [5.41, 5.74) is -0.0388. The Balaban J connectivity index is 2.16. The molecule has 1 fully saturated rings. The Morgan fingerprint density at radius 3 is 2.33 bits per heavy atom. The molecule has 0 N–H and O–H groups in total. The van der Waals surface area contributed by atoms with E-state index in [1.165, 1.54) is 6.07 Å². The van der Waals surface area contributed by atoms with Crippen LogP contribution in [-0.2, 0) is 0 Å². The summed E-state index contributed by atoms with van der Waals surface area (Å²) in [6.45, 7) is 7.53. The van der Waals surface area contributed by atoms with Gasteiger partial charge in [0, 0.05) is 31.2 Å². The number of rotatable bonds is 3. The third-order valence-corrected chi connectivity index (χ3v) is 4.51. The summed E-state index contributed by atoms with van der Waals surface area (Å²) in [5, 5.41) is 0. The number of carbonyl (C=O) groups excluding carboxylic acids is 1. The van der Waals surface area contributed by atoms with E-state index in [-0.39, 0.29) is 11.3 Å². The smallest absolute Gasteiger partial charge is 0.182 e. The first-order valence-electron chi connectivity index (χ1n) is 7.26. The first-order chi connectivity index (χ1) is 9.81. The van der Waals surface area contributed by atoms with Crippen LogP contribution in [0.15, 0.2) is 18.2 Å². The predicted molar refractivity (Wildman–Crippen MR) is 78.4 cm³/mol. The van der Waals surface area contributed by atoms with Gasteiger partial charge >= 0.3 is 0 Å². The van der Waals surface area contributed by atoms with Crippen LogP contribution < -0.4 is 0 Å². The molecule has 0 amide bonds. The molecule has 1 aliphatic rings. The van der Waals surface area contributed by atoms with Crippen LogP contribution in [0.3, 0.4) is 0 Å². The second-order valence-corrected chi connectivity index (χ2v) is 5.98. The molecule has 0 radical (unpaired) electrons. The summed E-state index contributed by atoms with van der Waals surface area (Å²) in [5.74, 6) is -1.75. The second-order valence-electron chi connectivity index (χ2n) is 5.98. The third-order valence-electron chi connectivity index (χ3n) is 4.51. The number of hydrogen-bond donors (Lipinski definition) is 0. The van der Waals surface area contributed by atoms with Crippen molar-refractivity contribution in [3.63, 3.8) is 0 Å². The second kappa shape index (κ2) is 6.20. The molecule has 116 valence electrons. The van der Waals surface area contributed by atoms with Gasteiger partial charge in [0.2, 0.25) is 0 Å². The van der Waals surface area contributed by atoms with Crippen LogP contribution in [0.4, 0.5) is 8.78 Å². The Morgan fingerprint density at radius 2 is 1.81 bits per heavy atom. The fraction of sp³-hybridized carbons (Fsp3) is 0.562. The molecule has 0 spiro atoms. The van der Waals surface area contributed by atoms with Crippen LogP contribution in [0.1, 0.15) is 31.1 Å². The van der Waals surface area contributed by atoms with Gasteiger partial charge in [-0.15, -0.1) is 0 Å². The monoisotopic (exact) mass is 296 g/mol. The Morgan fingerprint density at radius 1 is 1.24 bits per heavy atom. The number of ketones is 1. The lowest BCUT2D eigenvalue weighted by Crippen LogP contribution is -2.58. The lowest BCUT2D eigenvalue weighted by Gasteiger charge is -2.44. The van der Waals surface area contributed by atoms with Crippen LogP contribution in [0.5, 0.6) is 0 Å². The third kappa shape index (κ3) is 3.30. The lowest BCUT2D eigenvalue weighted by molar-refractivity contribution is 0.0353. The average Bonchev–Trinajstić information content (AvgIpc) is 2.42. The number of Topliss-reactive ketones (excluding diaryl/α,β-unsaturated/α-hetero) is 1. The van der Waals surface area contributed by atoms with Crippen LogP contribution in [0.2, 0.25) is 0 Å². The van der Waals surface area contributed by atoms with Crippen molar-refractivity contribution >= 4 is 5.78 Å². The van der Waals surface area contributed by atoms with Gasteiger partial charge in [-0.2, -0.15) is 0 Å². The maximum atomic E-state index is 13.8. The van der Waals surface area contributed by atoms with Gasteiger partial charge in [-0.1, -0.05) is 0 Å². The summed E-state index contributed by atoms with van der Waals surface area (Å²) < 4.78 is 26.7. The van der Waals surface area contributed by atoms with E-state index < -0.39 is 17.7 Å². The van der Waals surface area contributed by atoms with Crippen molar-refractivity contribution in [3.05, 3.63) is 35.4 Å². The molecule has 0 bridgehead atoms. The summed E-state index contributed by atoms with van der Waals surface area (Å²) in [7, 11) is 2.07. The van der Waals surface area contributed by atoms with Crippen molar-refractivity contribution in [1.82, 2.24) is 9.80 Å². The molecule has 0 aliphatic carbocycles. The molecule has 0 aromatic heterocycles. The van der Waals surface area contributed by atoms with Gasteiger partial charge in [0.25, 0.3) is 0 Å². The molecule has 21 heavy (non-hydrogen) atoms. The minimum absolute atomic E-state index is 0.0388. The van der Waals surface area contributed by atoms with E-state index in [4.69, 9.17) is 0 Å². The molecule has 0 saturated carbocycles. The SMILES string of the molecule is CC(C(=O)c1ccc(F)cc1F)N1CC(C)N(C)C(C)C1. The number of piperazine rings is 1. The molecule has 1 aromatic rings. The van der Waals surface area contributed by atoms with Crippen LogP contribution in [0, 0.1) is 11.6 Å². The minimum atomic E-state index is -0.790. The van der Waals surface area contributed by atoms with E-state index in [1.54, 1.807) is 6.92 Å². The zero-order chi connectivity index (χ0) is 15.7. The molecule has 2 rings (SSSR count). The molecule has 3 unspecified atom stereocenters. The van der Waals surface area contributed by atoms with E-state index in [1.807, 2.05) is 0 Å². The lowest BCUT2D eigenvalue weighted by atomic mass is 10.0. The Hall–Kier alpha value is -1.33. The van der Waals surface area contributed by atoms with E-state index >= 15 is 0 Å². The van der Waals surface area contributed by atoms with Gasteiger partial charge in [-0.25, -0.2) is 8.78 Å². The van der Waals surface area contributed by atoms with Gasteiger partial charge in [0.05, 0.1) is 11.6 Å². The Kier molecular flexibility index (Phi) is 4.74. The van der Waals surface area contributed by atoms with Crippen molar-refractivity contribution in [2.24, 2.45) is 0 Å². The van der Waals surface area contributed by atoms with Gasteiger partial charge < -0.3 is 0 Å². The number of benzene rings is 1. The Bertz CT molecular complexity index is 523. The zero-order valence-corrected chi connectivity index (χ0v) is 12.9. The molecule has 1 aromatic carbocycles. The summed E-state index contributed by atoms with van der Waals surface area (Å²) >= 11 is 0. The summed E-state index contributed by atoms with van der Waals surface area (Å²) in [6, 6.07) is 3.37. The average molecular weight is 296 g/mol. The van der Waals surface area contributed by atoms with E-state index in [0.29, 0.717) is 12.1 Å². The van der Waals surface area contributed by atoms with Crippen molar-refractivity contribution in [2.45, 2.75) is 38.9 Å². The Labute approximate surface area is 124 Å². The quantitative estimate of drug-likeness (QED) is 0.801. The fourth-order valence-electron chi connectivity index (χ4n) is 2.84. The molecule has 1 aliphatic heterocycles. The summed E-state index contributed by atoms with van der Waals surface area (Å²) in [6.07, 6.45) is 0. The molecular weight excluding hydrogens is 274 g/mol. The van der Waals surface area contributed by atoms with Crippen LogP contribution >= 0.6 is 0 Å². The van der Waals surface area contributed by atoms with Gasteiger partial charge in [-0.05, 0) is 40.0 Å². The first-order valence-corrected chi connectivity index (χ1v) is 7.26. The standard InChI is InChI=1S/C16H22F2N2O/c1-10-8-20(9-11(2)19(10)4)12(3)16(21)14-6-5-13(17)7-15(14)18/h5-7,10-12H,8-9H2,1-4H3. The van der Waals surface area contributed by atoms with Crippen LogP contribution in [0.25, 0.3) is 0 Å². The topological polar surface area (TPSA) is 23.6 Å². The molecule has 1 heterocycles. The van der Waals surface area contributed by atoms with Crippen molar-refractivity contribution in [1.29, 1.82) is 0 Å². The van der Waals surface area contributed by atoms with Crippen molar-refractivity contribution < 1.29 is 13.6 Å². The van der Waals surface area contributed by atoms with E-state index in [9.17, 15) is 13.6 Å². The highest BCUT2D eigenvalue weighted by Crippen LogP contribution is 2.19. The maximum Gasteiger partial charge on any atom is 0.182 e.